The molecule has 0 bridgehead atoms. The van der Waals surface area contributed by atoms with Crippen LogP contribution in [0.2, 0.25) is 0 Å². The zero-order valence-electron chi connectivity index (χ0n) is 11.1. The first-order chi connectivity index (χ1) is 8.99. The maximum atomic E-state index is 12.7. The molecule has 1 aromatic carbocycles. The van der Waals surface area contributed by atoms with E-state index in [2.05, 4.69) is 12.2 Å². The molecule has 2 atom stereocenters. The minimum absolute atomic E-state index is 0.0625. The van der Waals surface area contributed by atoms with Gasteiger partial charge in [0.15, 0.2) is 0 Å². The molecule has 1 N–H and O–H groups in total. The molecule has 0 radical (unpaired) electrons. The van der Waals surface area contributed by atoms with Gasteiger partial charge in [0.2, 0.25) is 0 Å². The lowest BCUT2D eigenvalue weighted by Crippen LogP contribution is -2.34. The summed E-state index contributed by atoms with van der Waals surface area (Å²) in [6, 6.07) is 7.87. The van der Waals surface area contributed by atoms with E-state index < -0.39 is 12.1 Å². The second-order valence-electron chi connectivity index (χ2n) is 5.30. The van der Waals surface area contributed by atoms with Gasteiger partial charge < -0.3 is 5.32 Å². The van der Waals surface area contributed by atoms with Crippen molar-refractivity contribution < 1.29 is 13.2 Å². The summed E-state index contributed by atoms with van der Waals surface area (Å²) in [6.07, 6.45) is -1.17. The Balaban J connectivity index is 1.98. The molecule has 1 aliphatic carbocycles. The standard InChI is InChI=1S/C15H20F3N/c1-2-11-5-3-7-13(9-11)19-14-8-4-6-12(10-14)15(16,17)18/h3,5,7,9,12,14,19H,2,4,6,8,10H2,1H3. The predicted octanol–water partition coefficient (Wildman–Crippen LogP) is 4.78. The molecular weight excluding hydrogens is 251 g/mol. The summed E-state index contributed by atoms with van der Waals surface area (Å²) in [5.74, 6) is -1.15. The zero-order valence-corrected chi connectivity index (χ0v) is 11.1. The molecule has 0 saturated heterocycles. The van der Waals surface area contributed by atoms with Crippen LogP contribution in [-0.4, -0.2) is 12.2 Å². The maximum absolute atomic E-state index is 12.7. The van der Waals surface area contributed by atoms with Crippen molar-refractivity contribution in [2.45, 2.75) is 51.2 Å². The van der Waals surface area contributed by atoms with Gasteiger partial charge in [-0.05, 0) is 43.4 Å². The Kier molecular flexibility index (Phi) is 4.38. The minimum Gasteiger partial charge on any atom is -0.382 e. The van der Waals surface area contributed by atoms with Crippen LogP contribution in [-0.2, 0) is 6.42 Å². The first-order valence-electron chi connectivity index (χ1n) is 6.91. The van der Waals surface area contributed by atoms with Gasteiger partial charge in [0.1, 0.15) is 0 Å². The number of anilines is 1. The van der Waals surface area contributed by atoms with Crippen molar-refractivity contribution in [3.8, 4) is 0 Å². The highest BCUT2D eigenvalue weighted by molar-refractivity contribution is 5.46. The quantitative estimate of drug-likeness (QED) is 0.834. The first kappa shape index (κ1) is 14.2. The van der Waals surface area contributed by atoms with Crippen LogP contribution < -0.4 is 5.32 Å². The molecule has 0 spiro atoms. The zero-order chi connectivity index (χ0) is 13.9. The van der Waals surface area contributed by atoms with Crippen molar-refractivity contribution in [1.82, 2.24) is 0 Å². The predicted molar refractivity (Wildman–Crippen MR) is 71.2 cm³/mol. The van der Waals surface area contributed by atoms with E-state index in [4.69, 9.17) is 0 Å². The minimum atomic E-state index is -4.05. The van der Waals surface area contributed by atoms with Crippen molar-refractivity contribution in [2.75, 3.05) is 5.32 Å². The fraction of sp³-hybridized carbons (Fsp3) is 0.600. The fourth-order valence-corrected chi connectivity index (χ4v) is 2.73. The Morgan fingerprint density at radius 1 is 1.26 bits per heavy atom. The third-order valence-electron chi connectivity index (χ3n) is 3.84. The van der Waals surface area contributed by atoms with Gasteiger partial charge in [-0.25, -0.2) is 0 Å². The normalized spacial score (nSPS) is 24.2. The van der Waals surface area contributed by atoms with Crippen LogP contribution in [0.3, 0.4) is 0 Å². The molecule has 0 aromatic heterocycles. The summed E-state index contributed by atoms with van der Waals surface area (Å²) in [5.41, 5.74) is 2.14. The van der Waals surface area contributed by atoms with Gasteiger partial charge in [-0.1, -0.05) is 25.5 Å². The van der Waals surface area contributed by atoms with Crippen LogP contribution in [0.25, 0.3) is 0 Å². The average Bonchev–Trinajstić information content (AvgIpc) is 2.38. The van der Waals surface area contributed by atoms with Gasteiger partial charge in [0, 0.05) is 11.7 Å². The van der Waals surface area contributed by atoms with Crippen LogP contribution >= 0.6 is 0 Å². The van der Waals surface area contributed by atoms with E-state index in [1.54, 1.807) is 0 Å². The van der Waals surface area contributed by atoms with Crippen molar-refractivity contribution in [3.63, 3.8) is 0 Å². The smallest absolute Gasteiger partial charge is 0.382 e. The van der Waals surface area contributed by atoms with Gasteiger partial charge in [-0.3, -0.25) is 0 Å². The Morgan fingerprint density at radius 3 is 2.74 bits per heavy atom. The number of aryl methyl sites for hydroxylation is 1. The lowest BCUT2D eigenvalue weighted by molar-refractivity contribution is -0.182. The summed E-state index contributed by atoms with van der Waals surface area (Å²) in [5, 5.41) is 3.26. The van der Waals surface area contributed by atoms with E-state index in [0.717, 1.165) is 18.5 Å². The van der Waals surface area contributed by atoms with Crippen LogP contribution in [0.5, 0.6) is 0 Å². The molecule has 0 amide bonds. The lowest BCUT2D eigenvalue weighted by atomic mass is 9.85. The first-order valence-corrected chi connectivity index (χ1v) is 6.91. The monoisotopic (exact) mass is 271 g/mol. The van der Waals surface area contributed by atoms with Crippen LogP contribution in [0.15, 0.2) is 24.3 Å². The Bertz CT molecular complexity index is 414. The third kappa shape index (κ3) is 3.88. The Hall–Kier alpha value is -1.19. The lowest BCUT2D eigenvalue weighted by Gasteiger charge is -2.31. The van der Waals surface area contributed by atoms with Crippen LogP contribution in [0.4, 0.5) is 18.9 Å². The SMILES string of the molecule is CCc1cccc(NC2CCCC(C(F)(F)F)C2)c1. The number of halogens is 3. The number of hydrogen-bond donors (Lipinski definition) is 1. The Morgan fingerprint density at radius 2 is 2.05 bits per heavy atom. The van der Waals surface area contributed by atoms with Gasteiger partial charge in [0.05, 0.1) is 5.92 Å². The van der Waals surface area contributed by atoms with E-state index in [1.165, 1.54) is 5.56 Å². The van der Waals surface area contributed by atoms with E-state index in [0.29, 0.717) is 6.42 Å². The van der Waals surface area contributed by atoms with Crippen LogP contribution in [0.1, 0.15) is 38.2 Å². The molecule has 4 heteroatoms. The number of alkyl halides is 3. The molecule has 1 nitrogen and oxygen atoms in total. The molecular formula is C15H20F3N. The number of hydrogen-bond acceptors (Lipinski definition) is 1. The topological polar surface area (TPSA) is 12.0 Å². The van der Waals surface area contributed by atoms with E-state index in [9.17, 15) is 13.2 Å². The molecule has 1 saturated carbocycles. The highest BCUT2D eigenvalue weighted by Crippen LogP contribution is 2.38. The van der Waals surface area contributed by atoms with Gasteiger partial charge >= 0.3 is 6.18 Å². The van der Waals surface area contributed by atoms with E-state index in [1.807, 2.05) is 24.3 Å². The summed E-state index contributed by atoms with van der Waals surface area (Å²) in [6.45, 7) is 2.07. The molecule has 0 aliphatic heterocycles. The van der Waals surface area contributed by atoms with Crippen molar-refractivity contribution in [3.05, 3.63) is 29.8 Å². The second kappa shape index (κ2) is 5.85. The highest BCUT2D eigenvalue weighted by Gasteiger charge is 2.42. The molecule has 0 heterocycles. The second-order valence-corrected chi connectivity index (χ2v) is 5.30. The van der Waals surface area contributed by atoms with Gasteiger partial charge in [0.25, 0.3) is 0 Å². The number of benzene rings is 1. The van der Waals surface area contributed by atoms with Crippen molar-refractivity contribution in [1.29, 1.82) is 0 Å². The van der Waals surface area contributed by atoms with Crippen LogP contribution in [0, 0.1) is 5.92 Å². The summed E-state index contributed by atoms with van der Waals surface area (Å²) < 4.78 is 38.2. The summed E-state index contributed by atoms with van der Waals surface area (Å²) in [4.78, 5) is 0. The average molecular weight is 271 g/mol. The number of rotatable bonds is 3. The van der Waals surface area contributed by atoms with Crippen molar-refractivity contribution >= 4 is 5.69 Å². The molecule has 1 aliphatic rings. The fourth-order valence-electron chi connectivity index (χ4n) is 2.73. The van der Waals surface area contributed by atoms with E-state index >= 15 is 0 Å². The summed E-state index contributed by atoms with van der Waals surface area (Å²) >= 11 is 0. The van der Waals surface area contributed by atoms with Gasteiger partial charge in [-0.2, -0.15) is 13.2 Å². The molecule has 2 unspecified atom stereocenters. The summed E-state index contributed by atoms with van der Waals surface area (Å²) in [7, 11) is 0. The maximum Gasteiger partial charge on any atom is 0.391 e. The Labute approximate surface area is 112 Å². The molecule has 19 heavy (non-hydrogen) atoms. The van der Waals surface area contributed by atoms with Crippen molar-refractivity contribution in [2.24, 2.45) is 5.92 Å². The highest BCUT2D eigenvalue weighted by atomic mass is 19.4. The molecule has 2 rings (SSSR count). The molecule has 106 valence electrons. The third-order valence-corrected chi connectivity index (χ3v) is 3.84. The van der Waals surface area contributed by atoms with E-state index in [-0.39, 0.29) is 18.9 Å². The van der Waals surface area contributed by atoms with Gasteiger partial charge in [-0.15, -0.1) is 0 Å². The largest absolute Gasteiger partial charge is 0.391 e. The molecule has 1 fully saturated rings. The molecule has 1 aromatic rings. The number of nitrogens with one attached hydrogen (secondary N) is 1.